The molecule has 2 rings (SSSR count). The Morgan fingerprint density at radius 1 is 1.69 bits per heavy atom. The van der Waals surface area contributed by atoms with Crippen molar-refractivity contribution in [1.29, 1.82) is 0 Å². The molecule has 0 saturated carbocycles. The smallest absolute Gasteiger partial charge is 0.0814 e. The van der Waals surface area contributed by atoms with Crippen LogP contribution in [0.4, 0.5) is 0 Å². The van der Waals surface area contributed by atoms with Gasteiger partial charge in [0.05, 0.1) is 30.1 Å². The van der Waals surface area contributed by atoms with Crippen LogP contribution in [0.15, 0.2) is 6.20 Å². The van der Waals surface area contributed by atoms with E-state index < -0.39 is 0 Å². The van der Waals surface area contributed by atoms with Gasteiger partial charge >= 0.3 is 0 Å². The molecule has 0 aliphatic carbocycles. The Balaban J connectivity index is 1.66. The zero-order valence-electron chi connectivity index (χ0n) is 9.58. The first-order chi connectivity index (χ1) is 7.77. The summed E-state index contributed by atoms with van der Waals surface area (Å²) < 4.78 is 7.25. The molecule has 1 fully saturated rings. The topological polar surface area (TPSA) is 39.1 Å². The number of hydrogen-bond donors (Lipinski definition) is 1. The van der Waals surface area contributed by atoms with Gasteiger partial charge in [-0.05, 0) is 19.3 Å². The van der Waals surface area contributed by atoms with Gasteiger partial charge < -0.3 is 10.1 Å². The quantitative estimate of drug-likeness (QED) is 0.797. The molecule has 1 atom stereocenters. The Bertz CT molecular complexity index is 334. The molecule has 1 saturated heterocycles. The lowest BCUT2D eigenvalue weighted by molar-refractivity contribution is 0.185. The third kappa shape index (κ3) is 2.97. The standard InChI is InChI=1S/C11H18ClN3O/c1-9-11(12)7-14-15(9)4-3-13-6-10-2-5-16-8-10/h7,10,13H,2-6,8H2,1H3. The van der Waals surface area contributed by atoms with Crippen molar-refractivity contribution in [3.05, 3.63) is 16.9 Å². The van der Waals surface area contributed by atoms with Crippen LogP contribution in [0.1, 0.15) is 12.1 Å². The van der Waals surface area contributed by atoms with Gasteiger partial charge in [0.25, 0.3) is 0 Å². The fourth-order valence-electron chi connectivity index (χ4n) is 1.88. The van der Waals surface area contributed by atoms with Crippen LogP contribution >= 0.6 is 11.6 Å². The fraction of sp³-hybridized carbons (Fsp3) is 0.727. The Morgan fingerprint density at radius 3 is 3.19 bits per heavy atom. The lowest BCUT2D eigenvalue weighted by Crippen LogP contribution is -2.27. The van der Waals surface area contributed by atoms with Crippen molar-refractivity contribution < 1.29 is 4.74 Å². The second-order valence-corrected chi connectivity index (χ2v) is 4.64. The van der Waals surface area contributed by atoms with Gasteiger partial charge in [-0.2, -0.15) is 5.10 Å². The lowest BCUT2D eigenvalue weighted by atomic mass is 10.1. The summed E-state index contributed by atoms with van der Waals surface area (Å²) in [5.41, 5.74) is 1.03. The summed E-state index contributed by atoms with van der Waals surface area (Å²) in [6.45, 7) is 6.63. The molecule has 0 spiro atoms. The Kier molecular flexibility index (Phi) is 4.21. The van der Waals surface area contributed by atoms with Crippen molar-refractivity contribution in [3.8, 4) is 0 Å². The van der Waals surface area contributed by atoms with Gasteiger partial charge in [0, 0.05) is 19.7 Å². The van der Waals surface area contributed by atoms with Crippen LogP contribution in [-0.2, 0) is 11.3 Å². The van der Waals surface area contributed by atoms with Gasteiger partial charge in [-0.3, -0.25) is 4.68 Å². The van der Waals surface area contributed by atoms with E-state index in [0.29, 0.717) is 5.92 Å². The van der Waals surface area contributed by atoms with Crippen LogP contribution in [-0.4, -0.2) is 36.1 Å². The molecule has 1 aliphatic rings. The van der Waals surface area contributed by atoms with Crippen LogP contribution < -0.4 is 5.32 Å². The average Bonchev–Trinajstić information content (AvgIpc) is 2.88. The minimum Gasteiger partial charge on any atom is -0.381 e. The Morgan fingerprint density at radius 2 is 2.56 bits per heavy atom. The number of nitrogens with zero attached hydrogens (tertiary/aromatic N) is 2. The van der Waals surface area contributed by atoms with E-state index >= 15 is 0 Å². The molecule has 0 amide bonds. The van der Waals surface area contributed by atoms with E-state index in [4.69, 9.17) is 16.3 Å². The van der Waals surface area contributed by atoms with Gasteiger partial charge in [-0.1, -0.05) is 11.6 Å². The van der Waals surface area contributed by atoms with Crippen molar-refractivity contribution in [1.82, 2.24) is 15.1 Å². The van der Waals surface area contributed by atoms with Gasteiger partial charge in [0.2, 0.25) is 0 Å². The number of nitrogens with one attached hydrogen (secondary N) is 1. The van der Waals surface area contributed by atoms with Gasteiger partial charge in [0.15, 0.2) is 0 Å². The summed E-state index contributed by atoms with van der Waals surface area (Å²) in [6, 6.07) is 0. The van der Waals surface area contributed by atoms with Gasteiger partial charge in [0.1, 0.15) is 0 Å². The molecule has 0 aromatic carbocycles. The van der Waals surface area contributed by atoms with Gasteiger partial charge in [-0.25, -0.2) is 0 Å². The highest BCUT2D eigenvalue weighted by Gasteiger charge is 2.14. The normalized spacial score (nSPS) is 20.5. The predicted octanol–water partition coefficient (Wildman–Crippen LogP) is 1.47. The van der Waals surface area contributed by atoms with Gasteiger partial charge in [-0.15, -0.1) is 0 Å². The molecule has 2 heterocycles. The predicted molar refractivity (Wildman–Crippen MR) is 63.8 cm³/mol. The van der Waals surface area contributed by atoms with Crippen LogP contribution in [0.3, 0.4) is 0 Å². The highest BCUT2D eigenvalue weighted by Crippen LogP contribution is 2.13. The molecule has 1 aromatic heterocycles. The molecule has 1 aliphatic heterocycles. The van der Waals surface area contributed by atoms with Crippen molar-refractivity contribution in [2.24, 2.45) is 5.92 Å². The van der Waals surface area contributed by atoms with Crippen molar-refractivity contribution in [3.63, 3.8) is 0 Å². The molecular formula is C11H18ClN3O. The maximum atomic E-state index is 5.93. The molecule has 16 heavy (non-hydrogen) atoms. The van der Waals surface area contributed by atoms with E-state index in [1.807, 2.05) is 11.6 Å². The molecular weight excluding hydrogens is 226 g/mol. The van der Waals surface area contributed by atoms with E-state index in [2.05, 4.69) is 10.4 Å². The first kappa shape index (κ1) is 11.9. The summed E-state index contributed by atoms with van der Waals surface area (Å²) in [5, 5.41) is 8.37. The van der Waals surface area contributed by atoms with E-state index in [0.717, 1.165) is 43.6 Å². The van der Waals surface area contributed by atoms with E-state index in [1.54, 1.807) is 6.20 Å². The highest BCUT2D eigenvalue weighted by molar-refractivity contribution is 6.31. The lowest BCUT2D eigenvalue weighted by Gasteiger charge is -2.10. The number of hydrogen-bond acceptors (Lipinski definition) is 3. The summed E-state index contributed by atoms with van der Waals surface area (Å²) in [6.07, 6.45) is 2.88. The third-order valence-corrected chi connectivity index (χ3v) is 3.37. The minimum absolute atomic E-state index is 0.683. The van der Waals surface area contributed by atoms with Crippen molar-refractivity contribution in [2.75, 3.05) is 26.3 Å². The molecule has 1 unspecified atom stereocenters. The molecule has 0 bridgehead atoms. The summed E-state index contributed by atoms with van der Waals surface area (Å²) in [5.74, 6) is 0.683. The fourth-order valence-corrected chi connectivity index (χ4v) is 2.03. The monoisotopic (exact) mass is 243 g/mol. The van der Waals surface area contributed by atoms with E-state index in [9.17, 15) is 0 Å². The zero-order valence-corrected chi connectivity index (χ0v) is 10.3. The van der Waals surface area contributed by atoms with Crippen LogP contribution in [0.5, 0.6) is 0 Å². The number of ether oxygens (including phenoxy) is 1. The molecule has 1 aromatic rings. The first-order valence-corrected chi connectivity index (χ1v) is 6.11. The number of aromatic nitrogens is 2. The average molecular weight is 244 g/mol. The molecule has 0 radical (unpaired) electrons. The number of rotatable bonds is 5. The summed E-state index contributed by atoms with van der Waals surface area (Å²) in [7, 11) is 0. The summed E-state index contributed by atoms with van der Waals surface area (Å²) >= 11 is 5.93. The van der Waals surface area contributed by atoms with Crippen molar-refractivity contribution >= 4 is 11.6 Å². The van der Waals surface area contributed by atoms with Crippen molar-refractivity contribution in [2.45, 2.75) is 19.9 Å². The highest BCUT2D eigenvalue weighted by atomic mass is 35.5. The second-order valence-electron chi connectivity index (χ2n) is 4.23. The molecule has 4 nitrogen and oxygen atoms in total. The Hall–Kier alpha value is -0.580. The Labute approximate surface area is 101 Å². The zero-order chi connectivity index (χ0) is 11.4. The molecule has 90 valence electrons. The number of halogens is 1. The van der Waals surface area contributed by atoms with E-state index in [-0.39, 0.29) is 0 Å². The first-order valence-electron chi connectivity index (χ1n) is 5.73. The summed E-state index contributed by atoms with van der Waals surface area (Å²) in [4.78, 5) is 0. The third-order valence-electron chi connectivity index (χ3n) is 3.00. The maximum absolute atomic E-state index is 5.93. The largest absolute Gasteiger partial charge is 0.381 e. The molecule has 5 heteroatoms. The maximum Gasteiger partial charge on any atom is 0.0814 e. The van der Waals surface area contributed by atoms with Crippen LogP contribution in [0.25, 0.3) is 0 Å². The molecule has 1 N–H and O–H groups in total. The minimum atomic E-state index is 0.683. The van der Waals surface area contributed by atoms with Crippen LogP contribution in [0.2, 0.25) is 5.02 Å². The second kappa shape index (κ2) is 5.66. The van der Waals surface area contributed by atoms with Crippen LogP contribution in [0, 0.1) is 12.8 Å². The van der Waals surface area contributed by atoms with E-state index in [1.165, 1.54) is 6.42 Å². The SMILES string of the molecule is Cc1c(Cl)cnn1CCNCC1CCOC1.